The van der Waals surface area contributed by atoms with E-state index in [0.29, 0.717) is 17.5 Å². The van der Waals surface area contributed by atoms with Gasteiger partial charge in [0.05, 0.1) is 0 Å². The first kappa shape index (κ1) is 28.6. The summed E-state index contributed by atoms with van der Waals surface area (Å²) in [6.07, 6.45) is 0. The summed E-state index contributed by atoms with van der Waals surface area (Å²) in [5.74, 6) is 1.91. The third-order valence-electron chi connectivity index (χ3n) is 8.97. The zero-order valence-electron chi connectivity index (χ0n) is 26.5. The Morgan fingerprint density at radius 2 is 0.551 bits per heavy atom. The molecule has 0 unspecified atom stereocenters. The fourth-order valence-electron chi connectivity index (χ4n) is 6.37. The van der Waals surface area contributed by atoms with Crippen molar-refractivity contribution in [1.82, 2.24) is 15.0 Å². The first-order valence-corrected chi connectivity index (χ1v) is 16.4. The SMILES string of the molecule is c1ccc(-c2ccc(-c3nc(-c4ccccc4)nc(-c4ccc(-c5ccc6c(c5)oc5cc(-c7ccccc7)ccc56)cc4)n3)cc2)cc1. The molecule has 230 valence electrons. The summed E-state index contributed by atoms with van der Waals surface area (Å²) in [7, 11) is 0. The number of furan rings is 1. The smallest absolute Gasteiger partial charge is 0.164 e. The Labute approximate surface area is 284 Å². The van der Waals surface area contributed by atoms with Crippen molar-refractivity contribution < 1.29 is 4.42 Å². The van der Waals surface area contributed by atoms with Crippen molar-refractivity contribution in [3.05, 3.63) is 176 Å². The van der Waals surface area contributed by atoms with E-state index in [1.165, 1.54) is 11.1 Å². The average molecular weight is 628 g/mol. The van der Waals surface area contributed by atoms with Crippen LogP contribution in [0.4, 0.5) is 0 Å². The summed E-state index contributed by atoms with van der Waals surface area (Å²) in [4.78, 5) is 14.8. The summed E-state index contributed by atoms with van der Waals surface area (Å²) in [6.45, 7) is 0. The first-order chi connectivity index (χ1) is 24.2. The van der Waals surface area contributed by atoms with Crippen LogP contribution in [0.5, 0.6) is 0 Å². The Bertz CT molecular complexity index is 2560. The summed E-state index contributed by atoms with van der Waals surface area (Å²) in [5, 5.41) is 2.23. The molecule has 0 amide bonds. The lowest BCUT2D eigenvalue weighted by Gasteiger charge is -2.10. The van der Waals surface area contributed by atoms with Gasteiger partial charge in [-0.25, -0.2) is 15.0 Å². The molecule has 0 aliphatic rings. The largest absolute Gasteiger partial charge is 0.456 e. The van der Waals surface area contributed by atoms with E-state index in [9.17, 15) is 0 Å². The van der Waals surface area contributed by atoms with Crippen LogP contribution in [0.2, 0.25) is 0 Å². The van der Waals surface area contributed by atoms with Crippen LogP contribution in [0, 0.1) is 0 Å². The van der Waals surface area contributed by atoms with Crippen LogP contribution in [-0.2, 0) is 0 Å². The summed E-state index contributed by atoms with van der Waals surface area (Å²) >= 11 is 0. The second-order valence-corrected chi connectivity index (χ2v) is 12.1. The third kappa shape index (κ3) is 5.56. The molecule has 0 saturated heterocycles. The summed E-state index contributed by atoms with van der Waals surface area (Å²) in [6, 6.07) is 60.5. The lowest BCUT2D eigenvalue weighted by atomic mass is 10.0. The van der Waals surface area contributed by atoms with Crippen molar-refractivity contribution in [2.75, 3.05) is 0 Å². The Kier molecular flexibility index (Phi) is 7.10. The summed E-state index contributed by atoms with van der Waals surface area (Å²) in [5.41, 5.74) is 11.4. The van der Waals surface area contributed by atoms with Crippen LogP contribution < -0.4 is 0 Å². The molecule has 4 heteroatoms. The lowest BCUT2D eigenvalue weighted by Crippen LogP contribution is -2.00. The molecule has 9 rings (SSSR count). The molecular formula is C45H29N3O. The maximum atomic E-state index is 6.39. The number of aromatic nitrogens is 3. The minimum atomic E-state index is 0.629. The van der Waals surface area contributed by atoms with E-state index in [0.717, 1.165) is 60.9 Å². The molecule has 0 fully saturated rings. The minimum absolute atomic E-state index is 0.629. The van der Waals surface area contributed by atoms with E-state index in [1.807, 2.05) is 42.5 Å². The van der Waals surface area contributed by atoms with Gasteiger partial charge in [-0.2, -0.15) is 0 Å². The standard InChI is InChI=1S/C45H29N3O/c1-4-10-30(11-5-1)32-16-20-35(21-17-32)44-46-43(34-14-8-3-9-15-34)47-45(48-44)36-22-18-33(19-23-36)38-25-27-40-39-26-24-37(31-12-6-2-7-13-31)28-41(39)49-42(40)29-38/h1-29H. The van der Waals surface area contributed by atoms with Crippen LogP contribution in [0.15, 0.2) is 180 Å². The second-order valence-electron chi connectivity index (χ2n) is 12.1. The van der Waals surface area contributed by atoms with Crippen molar-refractivity contribution in [2.45, 2.75) is 0 Å². The first-order valence-electron chi connectivity index (χ1n) is 16.4. The zero-order chi connectivity index (χ0) is 32.6. The second kappa shape index (κ2) is 12.2. The molecule has 9 aromatic rings. The van der Waals surface area contributed by atoms with Crippen LogP contribution in [0.25, 0.3) is 89.5 Å². The minimum Gasteiger partial charge on any atom is -0.456 e. The maximum Gasteiger partial charge on any atom is 0.164 e. The molecule has 2 aromatic heterocycles. The van der Waals surface area contributed by atoms with E-state index in [2.05, 4.69) is 133 Å². The number of benzene rings is 7. The van der Waals surface area contributed by atoms with Gasteiger partial charge in [-0.05, 0) is 57.6 Å². The van der Waals surface area contributed by atoms with Crippen molar-refractivity contribution in [3.8, 4) is 67.5 Å². The van der Waals surface area contributed by atoms with Crippen LogP contribution >= 0.6 is 0 Å². The number of rotatable bonds is 6. The topological polar surface area (TPSA) is 51.8 Å². The molecule has 0 aliphatic heterocycles. The molecule has 0 N–H and O–H groups in total. The van der Waals surface area contributed by atoms with Gasteiger partial charge in [-0.1, -0.05) is 152 Å². The molecule has 0 spiro atoms. The van der Waals surface area contributed by atoms with Crippen molar-refractivity contribution in [3.63, 3.8) is 0 Å². The highest BCUT2D eigenvalue weighted by Gasteiger charge is 2.14. The number of fused-ring (bicyclic) bond motifs is 3. The van der Waals surface area contributed by atoms with Crippen molar-refractivity contribution >= 4 is 21.9 Å². The predicted molar refractivity (Wildman–Crippen MR) is 200 cm³/mol. The van der Waals surface area contributed by atoms with Gasteiger partial charge in [-0.3, -0.25) is 0 Å². The molecule has 4 nitrogen and oxygen atoms in total. The third-order valence-corrected chi connectivity index (χ3v) is 8.97. The molecule has 0 aliphatic carbocycles. The van der Waals surface area contributed by atoms with Gasteiger partial charge >= 0.3 is 0 Å². The Morgan fingerprint density at radius 3 is 0.980 bits per heavy atom. The highest BCUT2D eigenvalue weighted by Crippen LogP contribution is 2.35. The molecule has 7 aromatic carbocycles. The van der Waals surface area contributed by atoms with Crippen LogP contribution in [0.3, 0.4) is 0 Å². The van der Waals surface area contributed by atoms with Crippen molar-refractivity contribution in [2.24, 2.45) is 0 Å². The molecule has 49 heavy (non-hydrogen) atoms. The van der Waals surface area contributed by atoms with Gasteiger partial charge in [0.15, 0.2) is 17.5 Å². The van der Waals surface area contributed by atoms with E-state index >= 15 is 0 Å². The lowest BCUT2D eigenvalue weighted by molar-refractivity contribution is 0.669. The Hall–Kier alpha value is -6.65. The van der Waals surface area contributed by atoms with Crippen LogP contribution in [-0.4, -0.2) is 15.0 Å². The quantitative estimate of drug-likeness (QED) is 0.184. The summed E-state index contributed by atoms with van der Waals surface area (Å²) < 4.78 is 6.39. The predicted octanol–water partition coefficient (Wildman–Crippen LogP) is 11.8. The zero-order valence-corrected chi connectivity index (χ0v) is 26.5. The average Bonchev–Trinajstić information content (AvgIpc) is 3.56. The van der Waals surface area contributed by atoms with Gasteiger partial charge < -0.3 is 4.42 Å². The monoisotopic (exact) mass is 627 g/mol. The fourth-order valence-corrected chi connectivity index (χ4v) is 6.37. The van der Waals surface area contributed by atoms with Gasteiger partial charge in [0.25, 0.3) is 0 Å². The molecular weight excluding hydrogens is 599 g/mol. The number of hydrogen-bond acceptors (Lipinski definition) is 4. The number of nitrogens with zero attached hydrogens (tertiary/aromatic N) is 3. The normalized spacial score (nSPS) is 11.3. The van der Waals surface area contributed by atoms with E-state index < -0.39 is 0 Å². The van der Waals surface area contributed by atoms with Gasteiger partial charge in [-0.15, -0.1) is 0 Å². The van der Waals surface area contributed by atoms with Gasteiger partial charge in [0.2, 0.25) is 0 Å². The van der Waals surface area contributed by atoms with E-state index in [1.54, 1.807) is 0 Å². The highest BCUT2D eigenvalue weighted by molar-refractivity contribution is 6.07. The fraction of sp³-hybridized carbons (Fsp3) is 0. The van der Waals surface area contributed by atoms with Crippen molar-refractivity contribution in [1.29, 1.82) is 0 Å². The Morgan fingerprint density at radius 1 is 0.265 bits per heavy atom. The molecule has 0 saturated carbocycles. The van der Waals surface area contributed by atoms with E-state index in [4.69, 9.17) is 19.4 Å². The maximum absolute atomic E-state index is 6.39. The molecule has 0 atom stereocenters. The van der Waals surface area contributed by atoms with E-state index in [-0.39, 0.29) is 0 Å². The van der Waals surface area contributed by atoms with Crippen LogP contribution in [0.1, 0.15) is 0 Å². The van der Waals surface area contributed by atoms with Gasteiger partial charge in [0.1, 0.15) is 11.2 Å². The molecule has 2 heterocycles. The highest BCUT2D eigenvalue weighted by atomic mass is 16.3. The van der Waals surface area contributed by atoms with Gasteiger partial charge in [0, 0.05) is 27.5 Å². The molecule has 0 radical (unpaired) electrons. The molecule has 0 bridgehead atoms. The Balaban J connectivity index is 1.05. The number of hydrogen-bond donors (Lipinski definition) is 0.